The van der Waals surface area contributed by atoms with E-state index in [4.69, 9.17) is 5.11 Å². The Morgan fingerprint density at radius 1 is 1.35 bits per heavy atom. The first-order chi connectivity index (χ1) is 8.16. The lowest BCUT2D eigenvalue weighted by atomic mass is 10.2. The Bertz CT molecular complexity index is 592. The quantitative estimate of drug-likeness (QED) is 0.799. The van der Waals surface area contributed by atoms with Crippen molar-refractivity contribution in [1.29, 1.82) is 0 Å². The number of hydrogen-bond donors (Lipinski definition) is 2. The zero-order valence-corrected chi connectivity index (χ0v) is 8.75. The van der Waals surface area contributed by atoms with Crippen LogP contribution >= 0.6 is 0 Å². The summed E-state index contributed by atoms with van der Waals surface area (Å²) >= 11 is 0. The fraction of sp³-hybridized carbons (Fsp3) is 0.0909. The first-order valence-corrected chi connectivity index (χ1v) is 4.87. The van der Waals surface area contributed by atoms with Crippen LogP contribution in [0.4, 0.5) is 0 Å². The number of H-pyrrole nitrogens is 1. The standard InChI is InChI=1S/C11H9N3O3/c15-10-8(11(16)17)6-13-9(14-10)5-7-1-3-12-4-2-7/h1-4,6H,5H2,(H,16,17)(H,13,14,15). The molecule has 0 aliphatic carbocycles. The molecule has 0 amide bonds. The molecule has 86 valence electrons. The van der Waals surface area contributed by atoms with Crippen molar-refractivity contribution in [3.63, 3.8) is 0 Å². The van der Waals surface area contributed by atoms with Crippen molar-refractivity contribution in [1.82, 2.24) is 15.0 Å². The van der Waals surface area contributed by atoms with Crippen LogP contribution in [0.3, 0.4) is 0 Å². The SMILES string of the molecule is O=C(O)c1cnc(Cc2ccncc2)[nH]c1=O. The summed E-state index contributed by atoms with van der Waals surface area (Å²) in [5, 5.41) is 8.68. The molecule has 6 nitrogen and oxygen atoms in total. The predicted molar refractivity (Wildman–Crippen MR) is 58.9 cm³/mol. The van der Waals surface area contributed by atoms with Crippen molar-refractivity contribution >= 4 is 5.97 Å². The van der Waals surface area contributed by atoms with Gasteiger partial charge in [0.1, 0.15) is 11.4 Å². The van der Waals surface area contributed by atoms with Gasteiger partial charge < -0.3 is 10.1 Å². The second-order valence-corrected chi connectivity index (χ2v) is 3.41. The Labute approximate surface area is 96.0 Å². The van der Waals surface area contributed by atoms with Crippen LogP contribution in [0, 0.1) is 0 Å². The molecule has 0 aliphatic rings. The zero-order valence-electron chi connectivity index (χ0n) is 8.75. The maximum Gasteiger partial charge on any atom is 0.342 e. The maximum atomic E-state index is 11.4. The molecule has 0 saturated carbocycles. The molecular weight excluding hydrogens is 222 g/mol. The van der Waals surface area contributed by atoms with Gasteiger partial charge in [0.25, 0.3) is 5.56 Å². The number of carbonyl (C=O) groups is 1. The van der Waals surface area contributed by atoms with Crippen LogP contribution in [0.15, 0.2) is 35.5 Å². The van der Waals surface area contributed by atoms with E-state index in [9.17, 15) is 9.59 Å². The summed E-state index contributed by atoms with van der Waals surface area (Å²) < 4.78 is 0. The Morgan fingerprint density at radius 2 is 2.06 bits per heavy atom. The Hall–Kier alpha value is -2.50. The molecule has 0 spiro atoms. The van der Waals surface area contributed by atoms with E-state index in [1.54, 1.807) is 24.5 Å². The average Bonchev–Trinajstić information content (AvgIpc) is 2.30. The number of nitrogens with zero attached hydrogens (tertiary/aromatic N) is 2. The Balaban J connectivity index is 2.27. The highest BCUT2D eigenvalue weighted by Crippen LogP contribution is 2.02. The van der Waals surface area contributed by atoms with Crippen molar-refractivity contribution in [2.75, 3.05) is 0 Å². The second kappa shape index (κ2) is 4.56. The molecule has 2 aromatic rings. The minimum absolute atomic E-state index is 0.358. The van der Waals surface area contributed by atoms with Crippen LogP contribution < -0.4 is 5.56 Å². The molecule has 2 heterocycles. The van der Waals surface area contributed by atoms with Crippen molar-refractivity contribution in [3.8, 4) is 0 Å². The van der Waals surface area contributed by atoms with Gasteiger partial charge in [-0.3, -0.25) is 9.78 Å². The smallest absolute Gasteiger partial charge is 0.342 e. The van der Waals surface area contributed by atoms with Crippen LogP contribution in [0.5, 0.6) is 0 Å². The Kier molecular flexibility index (Phi) is 2.95. The van der Waals surface area contributed by atoms with E-state index in [1.165, 1.54) is 0 Å². The normalized spacial score (nSPS) is 10.1. The van der Waals surface area contributed by atoms with Crippen LogP contribution in [0.1, 0.15) is 21.7 Å². The van der Waals surface area contributed by atoms with Gasteiger partial charge in [0.05, 0.1) is 0 Å². The Morgan fingerprint density at radius 3 is 2.65 bits per heavy atom. The zero-order chi connectivity index (χ0) is 12.3. The molecular formula is C11H9N3O3. The van der Waals surface area contributed by atoms with Gasteiger partial charge in [-0.1, -0.05) is 0 Å². The number of hydrogen-bond acceptors (Lipinski definition) is 4. The van der Waals surface area contributed by atoms with Crippen LogP contribution in [-0.4, -0.2) is 26.0 Å². The lowest BCUT2D eigenvalue weighted by Gasteiger charge is -2.00. The van der Waals surface area contributed by atoms with E-state index < -0.39 is 11.5 Å². The molecule has 2 N–H and O–H groups in total. The highest BCUT2D eigenvalue weighted by Gasteiger charge is 2.09. The minimum Gasteiger partial charge on any atom is -0.477 e. The summed E-state index contributed by atoms with van der Waals surface area (Å²) in [5.41, 5.74) is -0.0636. The number of aromatic carboxylic acids is 1. The fourth-order valence-electron chi connectivity index (χ4n) is 1.37. The molecule has 6 heteroatoms. The van der Waals surface area contributed by atoms with E-state index in [0.717, 1.165) is 11.8 Å². The van der Waals surface area contributed by atoms with E-state index in [-0.39, 0.29) is 5.56 Å². The van der Waals surface area contributed by atoms with Crippen molar-refractivity contribution < 1.29 is 9.90 Å². The van der Waals surface area contributed by atoms with Gasteiger partial charge in [-0.05, 0) is 17.7 Å². The number of aromatic nitrogens is 3. The van der Waals surface area contributed by atoms with Crippen LogP contribution in [0.25, 0.3) is 0 Å². The van der Waals surface area contributed by atoms with Gasteiger partial charge in [-0.25, -0.2) is 9.78 Å². The number of nitrogens with one attached hydrogen (secondary N) is 1. The van der Waals surface area contributed by atoms with E-state index in [1.807, 2.05) is 0 Å². The average molecular weight is 231 g/mol. The summed E-state index contributed by atoms with van der Waals surface area (Å²) in [6.45, 7) is 0. The van der Waals surface area contributed by atoms with Crippen molar-refractivity contribution in [2.45, 2.75) is 6.42 Å². The van der Waals surface area contributed by atoms with Gasteiger partial charge in [0, 0.05) is 25.0 Å². The topological polar surface area (TPSA) is 95.9 Å². The summed E-state index contributed by atoms with van der Waals surface area (Å²) in [5.74, 6) is -0.861. The van der Waals surface area contributed by atoms with Gasteiger partial charge in [-0.15, -0.1) is 0 Å². The molecule has 17 heavy (non-hydrogen) atoms. The lowest BCUT2D eigenvalue weighted by molar-refractivity contribution is 0.0694. The van der Waals surface area contributed by atoms with E-state index in [0.29, 0.717) is 12.2 Å². The van der Waals surface area contributed by atoms with Gasteiger partial charge in [0.15, 0.2) is 0 Å². The first kappa shape index (κ1) is 11.0. The third kappa shape index (κ3) is 2.54. The summed E-state index contributed by atoms with van der Waals surface area (Å²) in [6, 6.07) is 3.59. The number of rotatable bonds is 3. The molecule has 0 unspecified atom stereocenters. The molecule has 0 aromatic carbocycles. The predicted octanol–water partition coefficient (Wildman–Crippen LogP) is 0.454. The number of pyridine rings is 1. The fourth-order valence-corrected chi connectivity index (χ4v) is 1.37. The largest absolute Gasteiger partial charge is 0.477 e. The molecule has 2 rings (SSSR count). The summed E-state index contributed by atoms with van der Waals surface area (Å²) in [6.07, 6.45) is 4.77. The molecule has 0 atom stereocenters. The van der Waals surface area contributed by atoms with Gasteiger partial charge >= 0.3 is 5.97 Å². The van der Waals surface area contributed by atoms with Crippen LogP contribution in [0.2, 0.25) is 0 Å². The minimum atomic E-state index is -1.28. The maximum absolute atomic E-state index is 11.4. The molecule has 0 bridgehead atoms. The number of carboxylic acids is 1. The molecule has 0 fully saturated rings. The number of aromatic amines is 1. The third-order valence-corrected chi connectivity index (χ3v) is 2.20. The summed E-state index contributed by atoms with van der Waals surface area (Å²) in [7, 11) is 0. The number of carboxylic acid groups (broad SMARTS) is 1. The van der Waals surface area contributed by atoms with Gasteiger partial charge in [-0.2, -0.15) is 0 Å². The summed E-state index contributed by atoms with van der Waals surface area (Å²) in [4.78, 5) is 32.2. The van der Waals surface area contributed by atoms with E-state index >= 15 is 0 Å². The third-order valence-electron chi connectivity index (χ3n) is 2.20. The molecule has 2 aromatic heterocycles. The molecule has 0 aliphatic heterocycles. The van der Waals surface area contributed by atoms with Crippen LogP contribution in [-0.2, 0) is 6.42 Å². The monoisotopic (exact) mass is 231 g/mol. The lowest BCUT2D eigenvalue weighted by Crippen LogP contribution is -2.20. The van der Waals surface area contributed by atoms with Crippen molar-refractivity contribution in [2.24, 2.45) is 0 Å². The van der Waals surface area contributed by atoms with Crippen molar-refractivity contribution in [3.05, 3.63) is 58.0 Å². The highest BCUT2D eigenvalue weighted by molar-refractivity contribution is 5.86. The van der Waals surface area contributed by atoms with E-state index in [2.05, 4.69) is 15.0 Å². The second-order valence-electron chi connectivity index (χ2n) is 3.41. The van der Waals surface area contributed by atoms with Gasteiger partial charge in [0.2, 0.25) is 0 Å². The first-order valence-electron chi connectivity index (χ1n) is 4.87. The molecule has 0 radical (unpaired) electrons. The molecule has 0 saturated heterocycles. The highest BCUT2D eigenvalue weighted by atomic mass is 16.4.